The van der Waals surface area contributed by atoms with E-state index in [2.05, 4.69) is 5.32 Å². The number of fused-ring (bicyclic) bond motifs is 1. The first-order chi connectivity index (χ1) is 12.1. The van der Waals surface area contributed by atoms with Crippen LogP contribution in [0.3, 0.4) is 0 Å². The first-order valence-electron chi connectivity index (χ1n) is 7.71. The fourth-order valence-electron chi connectivity index (χ4n) is 2.63. The minimum absolute atomic E-state index is 0.197. The summed E-state index contributed by atoms with van der Waals surface area (Å²) in [6.07, 6.45) is 1.92. The second-order valence-electron chi connectivity index (χ2n) is 5.68. The molecule has 0 bridgehead atoms. The lowest BCUT2D eigenvalue weighted by molar-refractivity contribution is 0.102. The molecule has 3 heterocycles. The number of nitrogens with zero attached hydrogens (tertiary/aromatic N) is 2. The summed E-state index contributed by atoms with van der Waals surface area (Å²) in [6.45, 7) is 2.02. The number of amides is 1. The Balaban J connectivity index is 1.80. The Morgan fingerprint density at radius 1 is 1.20 bits per heavy atom. The highest BCUT2D eigenvalue weighted by atomic mass is 35.5. The van der Waals surface area contributed by atoms with E-state index in [-0.39, 0.29) is 5.91 Å². The average molecular weight is 368 g/mol. The van der Waals surface area contributed by atoms with Gasteiger partial charge in [-0.1, -0.05) is 17.7 Å². The van der Waals surface area contributed by atoms with Crippen LogP contribution >= 0.6 is 22.9 Å². The van der Waals surface area contributed by atoms with Gasteiger partial charge in [0.15, 0.2) is 0 Å². The SMILES string of the molecule is Cc1ccn2c(NC(=O)c3ccc(Cl)cc3)c(-c3cccs3)nc2c1. The van der Waals surface area contributed by atoms with Gasteiger partial charge in [-0.3, -0.25) is 9.20 Å². The lowest BCUT2D eigenvalue weighted by Gasteiger charge is -2.07. The van der Waals surface area contributed by atoms with Crippen molar-refractivity contribution < 1.29 is 4.79 Å². The molecule has 25 heavy (non-hydrogen) atoms. The van der Waals surface area contributed by atoms with Crippen LogP contribution in [0.15, 0.2) is 60.1 Å². The summed E-state index contributed by atoms with van der Waals surface area (Å²) in [5.74, 6) is 0.467. The summed E-state index contributed by atoms with van der Waals surface area (Å²) in [5, 5.41) is 5.60. The Kier molecular flexibility index (Phi) is 4.03. The Bertz CT molecular complexity index is 1050. The number of thiophene rings is 1. The van der Waals surface area contributed by atoms with Crippen molar-refractivity contribution in [3.05, 3.63) is 76.3 Å². The normalized spacial score (nSPS) is 11.0. The van der Waals surface area contributed by atoms with Gasteiger partial charge < -0.3 is 5.32 Å². The van der Waals surface area contributed by atoms with E-state index in [0.717, 1.165) is 21.8 Å². The van der Waals surface area contributed by atoms with Crippen molar-refractivity contribution in [2.45, 2.75) is 6.92 Å². The quantitative estimate of drug-likeness (QED) is 0.535. The summed E-state index contributed by atoms with van der Waals surface area (Å²) in [6, 6.07) is 14.8. The largest absolute Gasteiger partial charge is 0.306 e. The number of pyridine rings is 1. The number of imidazole rings is 1. The molecule has 1 aromatic carbocycles. The predicted molar refractivity (Wildman–Crippen MR) is 103 cm³/mol. The molecule has 0 atom stereocenters. The number of rotatable bonds is 3. The van der Waals surface area contributed by atoms with Crippen LogP contribution in [0, 0.1) is 6.92 Å². The highest BCUT2D eigenvalue weighted by molar-refractivity contribution is 7.13. The molecule has 0 fully saturated rings. The number of carbonyl (C=O) groups is 1. The number of aromatic nitrogens is 2. The third kappa shape index (κ3) is 3.04. The standard InChI is InChI=1S/C19H14ClN3OS/c1-12-8-9-23-16(11-12)21-17(15-3-2-10-25-15)18(23)22-19(24)13-4-6-14(20)7-5-13/h2-11H,1H3,(H,22,24). The lowest BCUT2D eigenvalue weighted by atomic mass is 10.2. The molecule has 0 spiro atoms. The minimum atomic E-state index is -0.197. The highest BCUT2D eigenvalue weighted by Gasteiger charge is 2.18. The smallest absolute Gasteiger partial charge is 0.256 e. The number of aryl methyl sites for hydroxylation is 1. The van der Waals surface area contributed by atoms with Crippen molar-refractivity contribution in [2.24, 2.45) is 0 Å². The zero-order chi connectivity index (χ0) is 17.4. The molecule has 6 heteroatoms. The second-order valence-corrected chi connectivity index (χ2v) is 7.06. The van der Waals surface area contributed by atoms with E-state index in [1.165, 1.54) is 0 Å². The van der Waals surface area contributed by atoms with Gasteiger partial charge in [-0.25, -0.2) is 4.98 Å². The molecule has 1 amide bonds. The van der Waals surface area contributed by atoms with Gasteiger partial charge >= 0.3 is 0 Å². The van der Waals surface area contributed by atoms with E-state index in [0.29, 0.717) is 16.4 Å². The van der Waals surface area contributed by atoms with Gasteiger partial charge in [0.1, 0.15) is 17.2 Å². The number of carbonyl (C=O) groups excluding carboxylic acids is 1. The summed E-state index contributed by atoms with van der Waals surface area (Å²) in [5.41, 5.74) is 3.23. The summed E-state index contributed by atoms with van der Waals surface area (Å²) in [7, 11) is 0. The fourth-order valence-corrected chi connectivity index (χ4v) is 3.47. The predicted octanol–water partition coefficient (Wildman–Crippen LogP) is 5.28. The van der Waals surface area contributed by atoms with Crippen molar-refractivity contribution >= 4 is 40.3 Å². The number of halogens is 1. The molecule has 0 saturated heterocycles. The highest BCUT2D eigenvalue weighted by Crippen LogP contribution is 2.32. The van der Waals surface area contributed by atoms with Crippen LogP contribution in [0.5, 0.6) is 0 Å². The maximum atomic E-state index is 12.7. The number of hydrogen-bond donors (Lipinski definition) is 1. The molecule has 0 aliphatic carbocycles. The summed E-state index contributed by atoms with van der Waals surface area (Å²) >= 11 is 7.49. The molecule has 124 valence electrons. The van der Waals surface area contributed by atoms with Crippen LogP contribution in [-0.4, -0.2) is 15.3 Å². The monoisotopic (exact) mass is 367 g/mol. The van der Waals surface area contributed by atoms with Gasteiger partial charge in [0.25, 0.3) is 5.91 Å². The molecule has 4 rings (SSSR count). The van der Waals surface area contributed by atoms with E-state index in [1.54, 1.807) is 35.6 Å². The minimum Gasteiger partial charge on any atom is -0.306 e. The van der Waals surface area contributed by atoms with Crippen LogP contribution in [0.2, 0.25) is 5.02 Å². The Labute approximate surface area is 153 Å². The molecule has 0 unspecified atom stereocenters. The van der Waals surface area contributed by atoms with E-state index in [4.69, 9.17) is 16.6 Å². The van der Waals surface area contributed by atoms with Gasteiger partial charge in [-0.05, 0) is 60.3 Å². The molecular formula is C19H14ClN3OS. The van der Waals surface area contributed by atoms with Crippen molar-refractivity contribution in [2.75, 3.05) is 5.32 Å². The van der Waals surface area contributed by atoms with E-state index >= 15 is 0 Å². The van der Waals surface area contributed by atoms with Crippen molar-refractivity contribution in [3.63, 3.8) is 0 Å². The molecule has 0 saturated carbocycles. The summed E-state index contributed by atoms with van der Waals surface area (Å²) in [4.78, 5) is 18.4. The second kappa shape index (κ2) is 6.35. The maximum absolute atomic E-state index is 12.7. The van der Waals surface area contributed by atoms with Gasteiger partial charge in [-0.15, -0.1) is 11.3 Å². The Hall–Kier alpha value is -2.63. The Morgan fingerprint density at radius 2 is 2.00 bits per heavy atom. The molecular weight excluding hydrogens is 354 g/mol. The lowest BCUT2D eigenvalue weighted by Crippen LogP contribution is -2.13. The van der Waals surface area contributed by atoms with Gasteiger partial charge in [-0.2, -0.15) is 0 Å². The van der Waals surface area contributed by atoms with E-state index in [1.807, 2.05) is 47.2 Å². The molecule has 3 aromatic heterocycles. The third-order valence-corrected chi connectivity index (χ3v) is 5.00. The van der Waals surface area contributed by atoms with Crippen LogP contribution in [0.25, 0.3) is 16.2 Å². The molecule has 4 nitrogen and oxygen atoms in total. The third-order valence-electron chi connectivity index (χ3n) is 3.87. The van der Waals surface area contributed by atoms with Crippen molar-refractivity contribution in [3.8, 4) is 10.6 Å². The Morgan fingerprint density at radius 3 is 2.72 bits per heavy atom. The van der Waals surface area contributed by atoms with Crippen molar-refractivity contribution in [1.29, 1.82) is 0 Å². The number of nitrogens with one attached hydrogen (secondary N) is 1. The van der Waals surface area contributed by atoms with Crippen LogP contribution in [-0.2, 0) is 0 Å². The van der Waals surface area contributed by atoms with Crippen LogP contribution in [0.4, 0.5) is 5.82 Å². The van der Waals surface area contributed by atoms with Gasteiger partial charge in [0, 0.05) is 16.8 Å². The molecule has 0 aliphatic heterocycles. The summed E-state index contributed by atoms with van der Waals surface area (Å²) < 4.78 is 1.90. The van der Waals surface area contributed by atoms with Gasteiger partial charge in [0.05, 0.1) is 4.88 Å². The average Bonchev–Trinajstić information content (AvgIpc) is 3.23. The fraction of sp³-hybridized carbons (Fsp3) is 0.0526. The first kappa shape index (κ1) is 15.9. The first-order valence-corrected chi connectivity index (χ1v) is 8.97. The van der Waals surface area contributed by atoms with E-state index in [9.17, 15) is 4.79 Å². The zero-order valence-electron chi connectivity index (χ0n) is 13.4. The molecule has 0 radical (unpaired) electrons. The molecule has 4 aromatic rings. The molecule has 1 N–H and O–H groups in total. The number of anilines is 1. The topological polar surface area (TPSA) is 46.4 Å². The zero-order valence-corrected chi connectivity index (χ0v) is 14.9. The number of benzene rings is 1. The number of hydrogen-bond acceptors (Lipinski definition) is 3. The van der Waals surface area contributed by atoms with E-state index < -0.39 is 0 Å². The maximum Gasteiger partial charge on any atom is 0.256 e. The van der Waals surface area contributed by atoms with Crippen molar-refractivity contribution in [1.82, 2.24) is 9.38 Å². The van der Waals surface area contributed by atoms with Gasteiger partial charge in [0.2, 0.25) is 0 Å². The van der Waals surface area contributed by atoms with Crippen LogP contribution in [0.1, 0.15) is 15.9 Å². The van der Waals surface area contributed by atoms with Crippen LogP contribution < -0.4 is 5.32 Å². The molecule has 0 aliphatic rings.